The SMILES string of the molecule is Cl.NCCSCc1nc2cc(Cl)ccc2c(=O)[nH]1. The van der Waals surface area contributed by atoms with Crippen LogP contribution < -0.4 is 11.3 Å². The lowest BCUT2D eigenvalue weighted by molar-refractivity contribution is 1.04. The van der Waals surface area contributed by atoms with Crippen LogP contribution in [0.2, 0.25) is 5.02 Å². The summed E-state index contributed by atoms with van der Waals surface area (Å²) in [5.74, 6) is 2.15. The van der Waals surface area contributed by atoms with E-state index in [2.05, 4.69) is 9.97 Å². The molecule has 98 valence electrons. The maximum absolute atomic E-state index is 11.8. The second kappa shape index (κ2) is 6.99. The van der Waals surface area contributed by atoms with E-state index in [1.54, 1.807) is 30.0 Å². The largest absolute Gasteiger partial charge is 0.330 e. The predicted octanol–water partition coefficient (Wildman–Crippen LogP) is 2.19. The normalized spacial score (nSPS) is 10.3. The molecular weight excluding hydrogens is 293 g/mol. The summed E-state index contributed by atoms with van der Waals surface area (Å²) in [7, 11) is 0. The first-order valence-corrected chi connectivity index (χ1v) is 6.70. The van der Waals surface area contributed by atoms with E-state index in [1.165, 1.54) is 0 Å². The van der Waals surface area contributed by atoms with E-state index < -0.39 is 0 Å². The number of H-pyrrole nitrogens is 1. The molecule has 0 bridgehead atoms. The van der Waals surface area contributed by atoms with E-state index >= 15 is 0 Å². The number of nitrogens with one attached hydrogen (secondary N) is 1. The molecule has 0 spiro atoms. The van der Waals surface area contributed by atoms with Crippen molar-refractivity contribution in [3.63, 3.8) is 0 Å². The van der Waals surface area contributed by atoms with Gasteiger partial charge in [0.1, 0.15) is 5.82 Å². The van der Waals surface area contributed by atoms with Crippen molar-refractivity contribution in [2.45, 2.75) is 5.75 Å². The zero-order chi connectivity index (χ0) is 12.3. The number of halogens is 2. The van der Waals surface area contributed by atoms with Crippen molar-refractivity contribution in [3.8, 4) is 0 Å². The Kier molecular flexibility index (Phi) is 5.95. The summed E-state index contributed by atoms with van der Waals surface area (Å²) in [6.07, 6.45) is 0. The van der Waals surface area contributed by atoms with Crippen LogP contribution in [0.25, 0.3) is 10.9 Å². The van der Waals surface area contributed by atoms with Gasteiger partial charge >= 0.3 is 0 Å². The summed E-state index contributed by atoms with van der Waals surface area (Å²) in [4.78, 5) is 18.9. The third-order valence-electron chi connectivity index (χ3n) is 2.22. The number of thioether (sulfide) groups is 1. The van der Waals surface area contributed by atoms with Crippen LogP contribution in [0.5, 0.6) is 0 Å². The summed E-state index contributed by atoms with van der Waals surface area (Å²) in [6.45, 7) is 0.619. The lowest BCUT2D eigenvalue weighted by Gasteiger charge is -2.02. The highest BCUT2D eigenvalue weighted by atomic mass is 35.5. The van der Waals surface area contributed by atoms with Gasteiger partial charge in [-0.1, -0.05) is 11.6 Å². The van der Waals surface area contributed by atoms with Gasteiger partial charge in [-0.2, -0.15) is 11.8 Å². The molecular formula is C11H13Cl2N3OS. The average molecular weight is 306 g/mol. The highest BCUT2D eigenvalue weighted by Crippen LogP contribution is 2.15. The summed E-state index contributed by atoms with van der Waals surface area (Å²) < 4.78 is 0. The lowest BCUT2D eigenvalue weighted by atomic mass is 10.2. The molecule has 4 nitrogen and oxygen atoms in total. The smallest absolute Gasteiger partial charge is 0.258 e. The Morgan fingerprint density at radius 2 is 2.22 bits per heavy atom. The maximum Gasteiger partial charge on any atom is 0.258 e. The van der Waals surface area contributed by atoms with Crippen LogP contribution in [0.1, 0.15) is 5.82 Å². The zero-order valence-corrected chi connectivity index (χ0v) is 11.9. The van der Waals surface area contributed by atoms with Gasteiger partial charge in [0.2, 0.25) is 0 Å². The van der Waals surface area contributed by atoms with Crippen molar-refractivity contribution in [2.24, 2.45) is 5.73 Å². The van der Waals surface area contributed by atoms with Gasteiger partial charge in [0.25, 0.3) is 5.56 Å². The maximum atomic E-state index is 11.8. The molecule has 1 aromatic carbocycles. The average Bonchev–Trinajstić information content (AvgIpc) is 2.28. The van der Waals surface area contributed by atoms with Crippen molar-refractivity contribution < 1.29 is 0 Å². The molecule has 0 saturated carbocycles. The van der Waals surface area contributed by atoms with Crippen molar-refractivity contribution >= 4 is 46.7 Å². The van der Waals surface area contributed by atoms with Crippen molar-refractivity contribution in [3.05, 3.63) is 39.4 Å². The number of nitrogens with zero attached hydrogens (tertiary/aromatic N) is 1. The van der Waals surface area contributed by atoms with E-state index in [4.69, 9.17) is 17.3 Å². The van der Waals surface area contributed by atoms with Gasteiger partial charge < -0.3 is 10.7 Å². The van der Waals surface area contributed by atoms with Gasteiger partial charge in [-0.25, -0.2) is 4.98 Å². The lowest BCUT2D eigenvalue weighted by Crippen LogP contribution is -2.11. The van der Waals surface area contributed by atoms with Crippen LogP contribution in [-0.4, -0.2) is 22.3 Å². The van der Waals surface area contributed by atoms with Crippen molar-refractivity contribution in [1.82, 2.24) is 9.97 Å². The minimum Gasteiger partial charge on any atom is -0.330 e. The van der Waals surface area contributed by atoms with Crippen LogP contribution in [0, 0.1) is 0 Å². The number of fused-ring (bicyclic) bond motifs is 1. The van der Waals surface area contributed by atoms with Gasteiger partial charge in [-0.3, -0.25) is 4.79 Å². The molecule has 0 unspecified atom stereocenters. The van der Waals surface area contributed by atoms with Crippen LogP contribution >= 0.6 is 35.8 Å². The predicted molar refractivity (Wildman–Crippen MR) is 79.8 cm³/mol. The topological polar surface area (TPSA) is 71.8 Å². The molecule has 0 amide bonds. The van der Waals surface area contributed by atoms with Crippen molar-refractivity contribution in [2.75, 3.05) is 12.3 Å². The zero-order valence-electron chi connectivity index (χ0n) is 9.48. The van der Waals surface area contributed by atoms with Crippen LogP contribution in [0.3, 0.4) is 0 Å². The third-order valence-corrected chi connectivity index (χ3v) is 3.46. The van der Waals surface area contributed by atoms with Gasteiger partial charge in [0, 0.05) is 17.3 Å². The Bertz CT molecular complexity index is 588. The van der Waals surface area contributed by atoms with Gasteiger partial charge in [-0.05, 0) is 18.2 Å². The minimum absolute atomic E-state index is 0. The molecule has 0 fully saturated rings. The molecule has 0 saturated heterocycles. The van der Waals surface area contributed by atoms with E-state index in [0.29, 0.717) is 34.0 Å². The Hall–Kier alpha value is -0.750. The van der Waals surface area contributed by atoms with Crippen molar-refractivity contribution in [1.29, 1.82) is 0 Å². The van der Waals surface area contributed by atoms with E-state index in [0.717, 1.165) is 5.75 Å². The Morgan fingerprint density at radius 3 is 2.94 bits per heavy atom. The fourth-order valence-corrected chi connectivity index (χ4v) is 2.29. The number of nitrogens with two attached hydrogens (primary N) is 1. The molecule has 0 aliphatic carbocycles. The monoisotopic (exact) mass is 305 g/mol. The summed E-state index contributed by atoms with van der Waals surface area (Å²) in [6, 6.07) is 5.06. The molecule has 2 aromatic rings. The van der Waals surface area contributed by atoms with Gasteiger partial charge in [0.05, 0.1) is 16.7 Å². The van der Waals surface area contributed by atoms with Gasteiger partial charge in [-0.15, -0.1) is 12.4 Å². The number of hydrogen-bond donors (Lipinski definition) is 2. The molecule has 1 heterocycles. The number of hydrogen-bond acceptors (Lipinski definition) is 4. The molecule has 0 atom stereocenters. The Labute approximate surface area is 120 Å². The quantitative estimate of drug-likeness (QED) is 0.849. The second-order valence-corrected chi connectivity index (χ2v) is 5.06. The van der Waals surface area contributed by atoms with Crippen LogP contribution in [0.4, 0.5) is 0 Å². The second-order valence-electron chi connectivity index (χ2n) is 3.52. The molecule has 3 N–H and O–H groups in total. The highest BCUT2D eigenvalue weighted by molar-refractivity contribution is 7.98. The minimum atomic E-state index is -0.130. The molecule has 0 aliphatic rings. The summed E-state index contributed by atoms with van der Waals surface area (Å²) in [5, 5.41) is 1.14. The summed E-state index contributed by atoms with van der Waals surface area (Å²) in [5.41, 5.74) is 5.90. The number of aromatic amines is 1. The molecule has 0 aliphatic heterocycles. The van der Waals surface area contributed by atoms with E-state index in [1.807, 2.05) is 0 Å². The molecule has 1 aromatic heterocycles. The third kappa shape index (κ3) is 3.62. The fourth-order valence-electron chi connectivity index (χ4n) is 1.48. The molecule has 18 heavy (non-hydrogen) atoms. The van der Waals surface area contributed by atoms with E-state index in [9.17, 15) is 4.79 Å². The van der Waals surface area contributed by atoms with E-state index in [-0.39, 0.29) is 18.0 Å². The summed E-state index contributed by atoms with van der Waals surface area (Å²) >= 11 is 7.51. The number of benzene rings is 1. The van der Waals surface area contributed by atoms with Gasteiger partial charge in [0.15, 0.2) is 0 Å². The first-order valence-electron chi connectivity index (χ1n) is 5.17. The van der Waals surface area contributed by atoms with Crippen LogP contribution in [-0.2, 0) is 5.75 Å². The molecule has 2 rings (SSSR count). The standard InChI is InChI=1S/C11H12ClN3OS.ClH/c12-7-1-2-8-9(5-7)14-10(15-11(8)16)6-17-4-3-13;/h1-2,5H,3-4,6,13H2,(H,14,15,16);1H. The Morgan fingerprint density at radius 1 is 1.44 bits per heavy atom. The Balaban J connectivity index is 0.00000162. The molecule has 0 radical (unpaired) electrons. The number of rotatable bonds is 4. The first-order chi connectivity index (χ1) is 8.20. The highest BCUT2D eigenvalue weighted by Gasteiger charge is 2.04. The van der Waals surface area contributed by atoms with Crippen LogP contribution in [0.15, 0.2) is 23.0 Å². The molecule has 7 heteroatoms. The fraction of sp³-hybridized carbons (Fsp3) is 0.273. The first kappa shape index (κ1) is 15.3. The number of aromatic nitrogens is 2.